The number of carbonyl (C=O) groups excluding carboxylic acids is 1. The van der Waals surface area contributed by atoms with Crippen molar-refractivity contribution in [3.8, 4) is 11.8 Å². The van der Waals surface area contributed by atoms with Crippen molar-refractivity contribution < 1.29 is 13.9 Å². The highest BCUT2D eigenvalue weighted by molar-refractivity contribution is 7.14. The second-order valence-electron chi connectivity index (χ2n) is 3.88. The topological polar surface area (TPSA) is 50.1 Å². The monoisotopic (exact) mass is 275 g/mol. The van der Waals surface area contributed by atoms with Crippen molar-refractivity contribution in [1.82, 2.24) is 0 Å². The van der Waals surface area contributed by atoms with Crippen molar-refractivity contribution >= 4 is 17.1 Å². The molecule has 2 rings (SSSR count). The van der Waals surface area contributed by atoms with Crippen molar-refractivity contribution in [3.63, 3.8) is 0 Å². The Balaban J connectivity index is 2.03. The number of carbonyl (C=O) groups is 1. The Morgan fingerprint density at radius 3 is 2.79 bits per heavy atom. The smallest absolute Gasteiger partial charge is 0.210 e. The third-order valence-electron chi connectivity index (χ3n) is 2.43. The molecule has 19 heavy (non-hydrogen) atoms. The number of thiophene rings is 1. The lowest BCUT2D eigenvalue weighted by atomic mass is 10.2. The van der Waals surface area contributed by atoms with E-state index in [1.165, 1.54) is 23.5 Å². The van der Waals surface area contributed by atoms with Gasteiger partial charge in [-0.2, -0.15) is 5.26 Å². The van der Waals surface area contributed by atoms with Gasteiger partial charge in [-0.05, 0) is 37.3 Å². The van der Waals surface area contributed by atoms with Crippen LogP contribution >= 0.6 is 11.3 Å². The summed E-state index contributed by atoms with van der Waals surface area (Å²) >= 11 is 1.37. The molecule has 0 aliphatic rings. The minimum absolute atomic E-state index is 0.0272. The molecule has 0 aliphatic carbocycles. The largest absolute Gasteiger partial charge is 0.482 e. The zero-order valence-corrected chi connectivity index (χ0v) is 11.0. The molecule has 0 atom stereocenters. The molecular weight excluding hydrogens is 265 g/mol. The fourth-order valence-corrected chi connectivity index (χ4v) is 2.28. The molecule has 0 fully saturated rings. The van der Waals surface area contributed by atoms with E-state index in [4.69, 9.17) is 10.00 Å². The molecule has 1 heterocycles. The zero-order chi connectivity index (χ0) is 13.8. The standard InChI is InChI=1S/C14H10FNO2S/c1-9-2-5-14(19-9)12(17)8-18-13-4-3-10(7-16)6-11(13)15/h2-6H,8H2,1H3. The van der Waals surface area contributed by atoms with Gasteiger partial charge in [0.1, 0.15) is 0 Å². The van der Waals surface area contributed by atoms with Gasteiger partial charge in [-0.15, -0.1) is 11.3 Å². The van der Waals surface area contributed by atoms with Gasteiger partial charge in [0.25, 0.3) is 0 Å². The number of halogens is 1. The van der Waals surface area contributed by atoms with Gasteiger partial charge in [0.2, 0.25) is 5.78 Å². The number of Topliss-reactive ketones (excluding diaryl/α,β-unsaturated/α-hetero) is 1. The Hall–Kier alpha value is -2.19. The highest BCUT2D eigenvalue weighted by Crippen LogP contribution is 2.20. The fraction of sp³-hybridized carbons (Fsp3) is 0.143. The molecule has 96 valence electrons. The van der Waals surface area contributed by atoms with Gasteiger partial charge in [0.05, 0.1) is 16.5 Å². The number of hydrogen-bond acceptors (Lipinski definition) is 4. The summed E-state index contributed by atoms with van der Waals surface area (Å²) in [4.78, 5) is 13.4. The molecule has 0 N–H and O–H groups in total. The first-order valence-corrected chi connectivity index (χ1v) is 6.34. The third kappa shape index (κ3) is 3.18. The highest BCUT2D eigenvalue weighted by Gasteiger charge is 2.11. The van der Waals surface area contributed by atoms with Crippen LogP contribution in [0, 0.1) is 24.1 Å². The normalized spacial score (nSPS) is 9.95. The number of ether oxygens (including phenoxy) is 1. The van der Waals surface area contributed by atoms with Crippen molar-refractivity contribution in [2.75, 3.05) is 6.61 Å². The molecule has 5 heteroatoms. The van der Waals surface area contributed by atoms with E-state index < -0.39 is 5.82 Å². The maximum atomic E-state index is 13.5. The molecule has 1 aromatic heterocycles. The van der Waals surface area contributed by atoms with E-state index >= 15 is 0 Å². The number of nitriles is 1. The van der Waals surface area contributed by atoms with Crippen LogP contribution in [0.15, 0.2) is 30.3 Å². The minimum Gasteiger partial charge on any atom is -0.482 e. The predicted molar refractivity (Wildman–Crippen MR) is 70.0 cm³/mol. The first kappa shape index (κ1) is 13.2. The average Bonchev–Trinajstić information content (AvgIpc) is 2.83. The van der Waals surface area contributed by atoms with Crippen molar-refractivity contribution in [1.29, 1.82) is 5.26 Å². The van der Waals surface area contributed by atoms with Gasteiger partial charge < -0.3 is 4.74 Å². The molecule has 2 aromatic rings. The van der Waals surface area contributed by atoms with Crippen LogP contribution in [0.4, 0.5) is 4.39 Å². The summed E-state index contributed by atoms with van der Waals surface area (Å²) in [6.45, 7) is 1.69. The van der Waals surface area contributed by atoms with E-state index in [1.807, 2.05) is 19.1 Å². The summed E-state index contributed by atoms with van der Waals surface area (Å²) in [6.07, 6.45) is 0. The van der Waals surface area contributed by atoms with E-state index in [1.54, 1.807) is 6.07 Å². The summed E-state index contributed by atoms with van der Waals surface area (Å²) in [7, 11) is 0. The molecular formula is C14H10FNO2S. The summed E-state index contributed by atoms with van der Waals surface area (Å²) in [6, 6.07) is 9.27. The Morgan fingerprint density at radius 1 is 1.42 bits per heavy atom. The first-order valence-electron chi connectivity index (χ1n) is 5.52. The first-order chi connectivity index (χ1) is 9.10. The van der Waals surface area contributed by atoms with Crippen LogP contribution in [-0.2, 0) is 0 Å². The van der Waals surface area contributed by atoms with Gasteiger partial charge in [-0.1, -0.05) is 0 Å². The number of hydrogen-bond donors (Lipinski definition) is 0. The second kappa shape index (κ2) is 5.63. The summed E-state index contributed by atoms with van der Waals surface area (Å²) in [5.41, 5.74) is 0.213. The molecule has 0 bridgehead atoms. The molecule has 0 spiro atoms. The van der Waals surface area contributed by atoms with Crippen LogP contribution in [0.25, 0.3) is 0 Å². The van der Waals surface area contributed by atoms with Crippen molar-refractivity contribution in [2.24, 2.45) is 0 Å². The van der Waals surface area contributed by atoms with E-state index in [0.717, 1.165) is 10.9 Å². The number of nitrogens with zero attached hydrogens (tertiary/aromatic N) is 1. The van der Waals surface area contributed by atoms with Crippen molar-refractivity contribution in [3.05, 3.63) is 51.5 Å². The summed E-state index contributed by atoms with van der Waals surface area (Å²) in [5.74, 6) is -0.864. The Labute approximate surface area is 113 Å². The lowest BCUT2D eigenvalue weighted by Gasteiger charge is -2.05. The van der Waals surface area contributed by atoms with E-state index in [2.05, 4.69) is 0 Å². The number of ketones is 1. The van der Waals surface area contributed by atoms with E-state index in [0.29, 0.717) is 4.88 Å². The Morgan fingerprint density at radius 2 is 2.21 bits per heavy atom. The van der Waals surface area contributed by atoms with Crippen molar-refractivity contribution in [2.45, 2.75) is 6.92 Å². The lowest BCUT2D eigenvalue weighted by Crippen LogP contribution is -2.10. The van der Waals surface area contributed by atoms with Gasteiger partial charge in [-0.25, -0.2) is 4.39 Å². The van der Waals surface area contributed by atoms with Crippen LogP contribution in [0.2, 0.25) is 0 Å². The number of aryl methyl sites for hydroxylation is 1. The minimum atomic E-state index is -0.644. The molecule has 0 aliphatic heterocycles. The van der Waals surface area contributed by atoms with E-state index in [9.17, 15) is 9.18 Å². The average molecular weight is 275 g/mol. The van der Waals surface area contributed by atoms with Crippen LogP contribution in [0.1, 0.15) is 20.1 Å². The fourth-order valence-electron chi connectivity index (χ4n) is 1.49. The Bertz CT molecular complexity index is 658. The van der Waals surface area contributed by atoms with Crippen LogP contribution in [0.5, 0.6) is 5.75 Å². The highest BCUT2D eigenvalue weighted by atomic mass is 32.1. The maximum absolute atomic E-state index is 13.5. The number of benzene rings is 1. The zero-order valence-electron chi connectivity index (χ0n) is 10.1. The van der Waals surface area contributed by atoms with Crippen LogP contribution in [-0.4, -0.2) is 12.4 Å². The third-order valence-corrected chi connectivity index (χ3v) is 3.48. The van der Waals surface area contributed by atoms with Crippen LogP contribution in [0.3, 0.4) is 0 Å². The molecule has 3 nitrogen and oxygen atoms in total. The summed E-state index contributed by atoms with van der Waals surface area (Å²) in [5, 5.41) is 8.61. The quantitative estimate of drug-likeness (QED) is 0.804. The van der Waals surface area contributed by atoms with Gasteiger partial charge in [0.15, 0.2) is 18.2 Å². The van der Waals surface area contributed by atoms with Crippen LogP contribution < -0.4 is 4.74 Å². The predicted octanol–water partition coefficient (Wildman–Crippen LogP) is 3.33. The lowest BCUT2D eigenvalue weighted by molar-refractivity contribution is 0.0923. The maximum Gasteiger partial charge on any atom is 0.210 e. The van der Waals surface area contributed by atoms with Gasteiger partial charge in [-0.3, -0.25) is 4.79 Å². The number of rotatable bonds is 4. The molecule has 0 radical (unpaired) electrons. The molecule has 1 aromatic carbocycles. The summed E-state index contributed by atoms with van der Waals surface area (Å²) < 4.78 is 18.6. The van der Waals surface area contributed by atoms with Gasteiger partial charge >= 0.3 is 0 Å². The molecule has 0 saturated carbocycles. The van der Waals surface area contributed by atoms with Gasteiger partial charge in [0, 0.05) is 4.88 Å². The molecule has 0 saturated heterocycles. The molecule has 0 unspecified atom stereocenters. The second-order valence-corrected chi connectivity index (χ2v) is 5.17. The van der Waals surface area contributed by atoms with E-state index in [-0.39, 0.29) is 23.7 Å². The Kier molecular flexibility index (Phi) is 3.93. The molecule has 0 amide bonds. The SMILES string of the molecule is Cc1ccc(C(=O)COc2ccc(C#N)cc2F)s1.